The van der Waals surface area contributed by atoms with Crippen LogP contribution in [0.1, 0.15) is 117 Å². The van der Waals surface area contributed by atoms with Crippen LogP contribution < -0.4 is 0 Å². The largest absolute Gasteiger partial charge is 0.472 e. The molecule has 0 saturated heterocycles. The molecule has 0 aliphatic carbocycles. The van der Waals surface area contributed by atoms with Gasteiger partial charge in [0.2, 0.25) is 0 Å². The van der Waals surface area contributed by atoms with E-state index >= 15 is 0 Å². The predicted molar refractivity (Wildman–Crippen MR) is 251 cm³/mol. The number of esters is 2. The van der Waals surface area contributed by atoms with Gasteiger partial charge in [-0.05, 0) is 89.9 Å². The van der Waals surface area contributed by atoms with Gasteiger partial charge in [-0.15, -0.1) is 0 Å². The van der Waals surface area contributed by atoms with E-state index in [1.165, 1.54) is 0 Å². The molecule has 2 atom stereocenters. The van der Waals surface area contributed by atoms with Crippen LogP contribution in [0.3, 0.4) is 0 Å². The van der Waals surface area contributed by atoms with Crippen LogP contribution >= 0.6 is 7.82 Å². The molecule has 0 fully saturated rings. The first-order chi connectivity index (χ1) is 29.0. The van der Waals surface area contributed by atoms with E-state index in [9.17, 15) is 19.0 Å². The molecule has 10 heteroatoms. The van der Waals surface area contributed by atoms with Crippen LogP contribution in [0.4, 0.5) is 0 Å². The van der Waals surface area contributed by atoms with Gasteiger partial charge in [0.15, 0.2) is 6.10 Å². The number of carbonyl (C=O) groups is 2. The van der Waals surface area contributed by atoms with Gasteiger partial charge in [-0.2, -0.15) is 0 Å². The van der Waals surface area contributed by atoms with Crippen LogP contribution in [0, 0.1) is 0 Å². The number of nitrogens with zero attached hydrogens (tertiary/aromatic N) is 1. The number of unbranched alkanes of at least 4 members (excludes halogenated alkanes) is 2. The van der Waals surface area contributed by atoms with Crippen molar-refractivity contribution >= 4 is 19.8 Å². The number of rotatable bonds is 37. The predicted octanol–water partition coefficient (Wildman–Crippen LogP) is 12.7. The van der Waals surface area contributed by atoms with Gasteiger partial charge in [0.1, 0.15) is 19.8 Å². The number of carbonyl (C=O) groups excluding carboxylic acids is 2. The van der Waals surface area contributed by atoms with Crippen molar-refractivity contribution in [2.45, 2.75) is 123 Å². The Morgan fingerprint density at radius 2 is 0.933 bits per heavy atom. The van der Waals surface area contributed by atoms with Gasteiger partial charge < -0.3 is 18.9 Å². The summed E-state index contributed by atoms with van der Waals surface area (Å²) in [7, 11) is 1.37. The first-order valence-electron chi connectivity index (χ1n) is 21.9. The van der Waals surface area contributed by atoms with E-state index in [-0.39, 0.29) is 26.1 Å². The van der Waals surface area contributed by atoms with Crippen molar-refractivity contribution in [1.29, 1.82) is 0 Å². The summed E-state index contributed by atoms with van der Waals surface area (Å²) in [6, 6.07) is 0. The zero-order chi connectivity index (χ0) is 44.3. The monoisotopic (exact) mass is 853 g/mol. The third-order valence-corrected chi connectivity index (χ3v) is 9.19. The smallest absolute Gasteiger partial charge is 0.461 e. The molecule has 0 aliphatic heterocycles. The third-order valence-electron chi connectivity index (χ3n) is 8.21. The Labute approximate surface area is 364 Å². The van der Waals surface area contributed by atoms with Crippen LogP contribution in [0.25, 0.3) is 0 Å². The van der Waals surface area contributed by atoms with Crippen molar-refractivity contribution in [3.8, 4) is 0 Å². The van der Waals surface area contributed by atoms with E-state index < -0.39 is 32.5 Å². The lowest BCUT2D eigenvalue weighted by Gasteiger charge is -2.24. The fourth-order valence-corrected chi connectivity index (χ4v) is 5.59. The summed E-state index contributed by atoms with van der Waals surface area (Å²) >= 11 is 0. The first kappa shape index (κ1) is 56.1. The summed E-state index contributed by atoms with van der Waals surface area (Å²) in [6.07, 6.45) is 58.2. The van der Waals surface area contributed by atoms with Crippen molar-refractivity contribution in [3.63, 3.8) is 0 Å². The molecule has 60 heavy (non-hydrogen) atoms. The Kier molecular flexibility index (Phi) is 37.9. The molecule has 0 aromatic carbocycles. The SMILES string of the molecule is CC/C=C\C/C=C\C/C=C\C/C=C\C/C=C\C/C=C\CCCCC(=O)OC(COC(=O)C/C=C\C/C=C\C/C=C\C/C=C\C/C=C\CC)COP(=O)(O)OCC[N+](C)(C)C. The maximum Gasteiger partial charge on any atom is 0.472 e. The highest BCUT2D eigenvalue weighted by atomic mass is 31.2. The number of hydrogen-bond donors (Lipinski definition) is 1. The second kappa shape index (κ2) is 40.6. The lowest BCUT2D eigenvalue weighted by atomic mass is 10.2. The summed E-state index contributed by atoms with van der Waals surface area (Å²) < 4.78 is 34.1. The number of ether oxygens (including phenoxy) is 2. The van der Waals surface area contributed by atoms with Gasteiger partial charge in [-0.25, -0.2) is 4.57 Å². The second-order valence-corrected chi connectivity index (χ2v) is 16.4. The van der Waals surface area contributed by atoms with Crippen molar-refractivity contribution in [3.05, 3.63) is 134 Å². The molecule has 0 bridgehead atoms. The van der Waals surface area contributed by atoms with Gasteiger partial charge in [0.25, 0.3) is 0 Å². The minimum atomic E-state index is -4.42. The maximum absolute atomic E-state index is 12.7. The van der Waals surface area contributed by atoms with Crippen LogP contribution in [0.15, 0.2) is 134 Å². The summed E-state index contributed by atoms with van der Waals surface area (Å²) in [5.41, 5.74) is 0. The van der Waals surface area contributed by atoms with Crippen LogP contribution in [-0.2, 0) is 32.7 Å². The second-order valence-electron chi connectivity index (χ2n) is 15.0. The zero-order valence-corrected chi connectivity index (χ0v) is 38.5. The Hall–Kier alpha value is -3.85. The van der Waals surface area contributed by atoms with E-state index in [2.05, 4.69) is 129 Å². The van der Waals surface area contributed by atoms with E-state index in [1.54, 1.807) is 6.08 Å². The van der Waals surface area contributed by atoms with Crippen LogP contribution in [0.5, 0.6) is 0 Å². The highest BCUT2D eigenvalue weighted by Gasteiger charge is 2.27. The Balaban J connectivity index is 4.60. The number of phosphoric acid groups is 1. The standard InChI is InChI=1S/C50H78NO8P/c1-6-8-10-12-14-16-18-20-22-23-24-25-26-27-29-31-33-35-37-39-41-43-50(53)59-48(47-58-60(54,55)57-45-44-51(3,4)5)46-56-49(52)42-40-38-36-34-32-30-28-21-19-17-15-13-11-9-7-2/h8-11,14-17,20-22,24-25,27-29,32-35,38,40,48H,6-7,12-13,18-19,23,26,30-31,36-37,39,41-47H2,1-5H3/p+1/b10-8-,11-9-,16-14-,17-15-,22-20-,25-24-,28-21-,29-27-,34-32-,35-33-,40-38-. The number of hydrogen-bond acceptors (Lipinski definition) is 7. The Morgan fingerprint density at radius 3 is 1.35 bits per heavy atom. The zero-order valence-electron chi connectivity index (χ0n) is 37.6. The molecule has 0 aliphatic rings. The highest BCUT2D eigenvalue weighted by Crippen LogP contribution is 2.43. The Bertz CT molecular complexity index is 1470. The molecule has 336 valence electrons. The molecule has 0 amide bonds. The highest BCUT2D eigenvalue weighted by molar-refractivity contribution is 7.47. The third kappa shape index (κ3) is 43.7. The number of likely N-dealkylation sites (N-methyl/N-ethyl adjacent to an activating group) is 1. The van der Waals surface area contributed by atoms with Crippen molar-refractivity contribution < 1.29 is 42.1 Å². The van der Waals surface area contributed by atoms with Gasteiger partial charge in [-0.1, -0.05) is 148 Å². The van der Waals surface area contributed by atoms with Crippen molar-refractivity contribution in [2.24, 2.45) is 0 Å². The fraction of sp³-hybridized carbons (Fsp3) is 0.520. The maximum atomic E-state index is 12.7. The molecule has 0 rings (SSSR count). The minimum Gasteiger partial charge on any atom is -0.461 e. The summed E-state index contributed by atoms with van der Waals surface area (Å²) in [4.78, 5) is 35.3. The molecular formula is C50H79NO8P+. The first-order valence-corrected chi connectivity index (χ1v) is 23.4. The summed E-state index contributed by atoms with van der Waals surface area (Å²) in [5, 5.41) is 0. The minimum absolute atomic E-state index is 0.000725. The quantitative estimate of drug-likeness (QED) is 0.0216. The van der Waals surface area contributed by atoms with E-state index in [0.717, 1.165) is 77.0 Å². The van der Waals surface area contributed by atoms with Crippen LogP contribution in [0.2, 0.25) is 0 Å². The Morgan fingerprint density at radius 1 is 0.533 bits per heavy atom. The van der Waals surface area contributed by atoms with E-state index in [1.807, 2.05) is 33.3 Å². The molecule has 0 spiro atoms. The molecule has 0 radical (unpaired) electrons. The van der Waals surface area contributed by atoms with Crippen molar-refractivity contribution in [2.75, 3.05) is 47.5 Å². The molecule has 0 aromatic rings. The van der Waals surface area contributed by atoms with E-state index in [4.69, 9.17) is 18.5 Å². The molecule has 2 unspecified atom stereocenters. The molecule has 0 aromatic heterocycles. The number of allylic oxidation sites excluding steroid dienone is 21. The topological polar surface area (TPSA) is 108 Å². The number of quaternary nitrogens is 1. The van der Waals surface area contributed by atoms with Gasteiger partial charge in [0.05, 0.1) is 34.2 Å². The normalized spacial score (nSPS) is 14.8. The van der Waals surface area contributed by atoms with Gasteiger partial charge in [0, 0.05) is 6.42 Å². The molecule has 0 heterocycles. The van der Waals surface area contributed by atoms with Crippen LogP contribution in [-0.4, -0.2) is 74.9 Å². The molecule has 9 nitrogen and oxygen atoms in total. The summed E-state index contributed by atoms with van der Waals surface area (Å²) in [5.74, 6) is -1.01. The number of phosphoric ester groups is 1. The average Bonchev–Trinajstić information content (AvgIpc) is 3.20. The van der Waals surface area contributed by atoms with E-state index in [0.29, 0.717) is 23.9 Å². The average molecular weight is 853 g/mol. The molecule has 1 N–H and O–H groups in total. The fourth-order valence-electron chi connectivity index (χ4n) is 4.85. The molecule has 0 saturated carbocycles. The lowest BCUT2D eigenvalue weighted by Crippen LogP contribution is -2.37. The van der Waals surface area contributed by atoms with Crippen molar-refractivity contribution in [1.82, 2.24) is 0 Å². The molecular weight excluding hydrogens is 774 g/mol. The lowest BCUT2D eigenvalue weighted by molar-refractivity contribution is -0.870. The van der Waals surface area contributed by atoms with Gasteiger partial charge in [-0.3, -0.25) is 18.6 Å². The van der Waals surface area contributed by atoms with Gasteiger partial charge >= 0.3 is 19.8 Å². The summed E-state index contributed by atoms with van der Waals surface area (Å²) in [6.45, 7) is 3.98.